The molecule has 2 amide bonds. The zero-order valence-corrected chi connectivity index (χ0v) is 23.1. The van der Waals surface area contributed by atoms with Gasteiger partial charge in [0.25, 0.3) is 5.91 Å². The van der Waals surface area contributed by atoms with E-state index in [1.807, 2.05) is 54.6 Å². The highest BCUT2D eigenvalue weighted by Crippen LogP contribution is 2.30. The molecule has 1 aliphatic heterocycles. The molecule has 0 aromatic heterocycles. The first kappa shape index (κ1) is 28.5. The molecule has 1 saturated heterocycles. The van der Waals surface area contributed by atoms with E-state index >= 15 is 0 Å². The van der Waals surface area contributed by atoms with Crippen molar-refractivity contribution in [2.75, 3.05) is 39.2 Å². The van der Waals surface area contributed by atoms with Crippen molar-refractivity contribution in [3.63, 3.8) is 0 Å². The topological polar surface area (TPSA) is 97.9 Å². The van der Waals surface area contributed by atoms with Crippen molar-refractivity contribution in [1.82, 2.24) is 10.6 Å². The molecule has 1 heterocycles. The molecule has 39 heavy (non-hydrogen) atoms. The van der Waals surface area contributed by atoms with Gasteiger partial charge in [0.05, 0.1) is 32.6 Å². The molecule has 0 radical (unpaired) electrons. The summed E-state index contributed by atoms with van der Waals surface area (Å²) >= 11 is 1.61. The molecule has 0 saturated carbocycles. The van der Waals surface area contributed by atoms with Crippen molar-refractivity contribution in [3.05, 3.63) is 83.4 Å². The zero-order valence-electron chi connectivity index (χ0n) is 22.3. The number of ether oxygens (including phenoxy) is 3. The highest BCUT2D eigenvalue weighted by Gasteiger charge is 2.16. The molecule has 1 atom stereocenters. The molecule has 4 rings (SSSR count). The summed E-state index contributed by atoms with van der Waals surface area (Å²) in [5.41, 5.74) is 3.22. The Balaban J connectivity index is 1.30. The van der Waals surface area contributed by atoms with Gasteiger partial charge in [0.15, 0.2) is 0 Å². The van der Waals surface area contributed by atoms with Crippen molar-refractivity contribution in [3.8, 4) is 11.5 Å². The minimum atomic E-state index is -0.164. The number of anilines is 1. The average molecular weight is 550 g/mol. The lowest BCUT2D eigenvalue weighted by Crippen LogP contribution is -2.33. The largest absolute Gasteiger partial charge is 0.497 e. The van der Waals surface area contributed by atoms with Crippen LogP contribution < -0.4 is 25.4 Å². The third kappa shape index (κ3) is 8.48. The van der Waals surface area contributed by atoms with Crippen molar-refractivity contribution in [2.45, 2.75) is 36.1 Å². The van der Waals surface area contributed by atoms with Crippen LogP contribution in [0.15, 0.2) is 71.6 Å². The van der Waals surface area contributed by atoms with Crippen molar-refractivity contribution in [1.29, 1.82) is 0 Å². The molecule has 3 aromatic carbocycles. The van der Waals surface area contributed by atoms with Gasteiger partial charge in [-0.3, -0.25) is 9.59 Å². The molecule has 1 unspecified atom stereocenters. The van der Waals surface area contributed by atoms with Crippen LogP contribution in [0.3, 0.4) is 0 Å². The third-order valence-electron chi connectivity index (χ3n) is 6.36. The van der Waals surface area contributed by atoms with Gasteiger partial charge in [-0.05, 0) is 54.8 Å². The quantitative estimate of drug-likeness (QED) is 0.267. The number of hydrogen-bond acceptors (Lipinski definition) is 7. The van der Waals surface area contributed by atoms with Crippen LogP contribution in [0.2, 0.25) is 0 Å². The first-order valence-corrected chi connectivity index (χ1v) is 14.0. The van der Waals surface area contributed by atoms with Crippen molar-refractivity contribution >= 4 is 29.3 Å². The van der Waals surface area contributed by atoms with E-state index in [2.05, 4.69) is 16.0 Å². The summed E-state index contributed by atoms with van der Waals surface area (Å²) in [5, 5.41) is 9.15. The Labute approximate surface area is 233 Å². The SMILES string of the molecule is COc1ccc(CNC(=O)c2cccc(CSc3ccccc3NC(=O)CNCC3CCCO3)c2)c(OC)c1. The molecule has 0 bridgehead atoms. The van der Waals surface area contributed by atoms with Gasteiger partial charge < -0.3 is 30.2 Å². The van der Waals surface area contributed by atoms with Gasteiger partial charge in [-0.15, -0.1) is 11.8 Å². The fourth-order valence-corrected chi connectivity index (χ4v) is 5.23. The smallest absolute Gasteiger partial charge is 0.251 e. The Kier molecular flexibility index (Phi) is 10.6. The first-order valence-electron chi connectivity index (χ1n) is 13.0. The maximum atomic E-state index is 12.9. The van der Waals surface area contributed by atoms with Crippen LogP contribution in [-0.4, -0.2) is 51.8 Å². The summed E-state index contributed by atoms with van der Waals surface area (Å²) in [4.78, 5) is 26.3. The lowest BCUT2D eigenvalue weighted by atomic mass is 10.1. The van der Waals surface area contributed by atoms with E-state index in [0.29, 0.717) is 35.9 Å². The first-order chi connectivity index (χ1) is 19.1. The number of methoxy groups -OCH3 is 2. The minimum Gasteiger partial charge on any atom is -0.497 e. The fourth-order valence-electron chi connectivity index (χ4n) is 4.28. The second kappa shape index (κ2) is 14.6. The number of carbonyl (C=O) groups is 2. The fraction of sp³-hybridized carbons (Fsp3) is 0.333. The van der Waals surface area contributed by atoms with Gasteiger partial charge in [0.1, 0.15) is 11.5 Å². The number of para-hydroxylation sites is 1. The molecule has 8 nitrogen and oxygen atoms in total. The summed E-state index contributed by atoms with van der Waals surface area (Å²) in [5.74, 6) is 1.75. The van der Waals surface area contributed by atoms with Gasteiger partial charge in [-0.2, -0.15) is 0 Å². The molecule has 206 valence electrons. The van der Waals surface area contributed by atoms with Crippen molar-refractivity contribution < 1.29 is 23.8 Å². The lowest BCUT2D eigenvalue weighted by Gasteiger charge is -2.13. The van der Waals surface area contributed by atoms with E-state index in [9.17, 15) is 9.59 Å². The predicted octanol–water partition coefficient (Wildman–Crippen LogP) is 4.63. The van der Waals surface area contributed by atoms with Gasteiger partial charge >= 0.3 is 0 Å². The molecule has 1 fully saturated rings. The number of nitrogens with one attached hydrogen (secondary N) is 3. The molecular weight excluding hydrogens is 514 g/mol. The highest BCUT2D eigenvalue weighted by molar-refractivity contribution is 7.98. The molecule has 0 spiro atoms. The van der Waals surface area contributed by atoms with Gasteiger partial charge in [0.2, 0.25) is 5.91 Å². The van der Waals surface area contributed by atoms with Crippen LogP contribution in [0.4, 0.5) is 5.69 Å². The van der Waals surface area contributed by atoms with Crippen LogP contribution >= 0.6 is 11.8 Å². The average Bonchev–Trinajstić information content (AvgIpc) is 3.49. The molecule has 3 aromatic rings. The van der Waals surface area contributed by atoms with Gasteiger partial charge in [-0.1, -0.05) is 24.3 Å². The normalized spacial score (nSPS) is 14.6. The van der Waals surface area contributed by atoms with Crippen LogP contribution in [0.1, 0.15) is 34.3 Å². The van der Waals surface area contributed by atoms with Crippen LogP contribution in [0.5, 0.6) is 11.5 Å². The second-order valence-corrected chi connectivity index (χ2v) is 10.2. The van der Waals surface area contributed by atoms with E-state index in [1.165, 1.54) is 0 Å². The Morgan fingerprint density at radius 3 is 2.69 bits per heavy atom. The standard InChI is InChI=1S/C30H35N3O5S/c1-36-24-13-12-23(27(16-24)37-2)17-32-30(35)22-8-5-7-21(15-22)20-39-28-11-4-3-10-26(28)33-29(34)19-31-18-25-9-6-14-38-25/h3-5,7-8,10-13,15-16,25,31H,6,9,14,17-20H2,1-2H3,(H,32,35)(H,33,34). The number of amides is 2. The summed E-state index contributed by atoms with van der Waals surface area (Å²) in [6.07, 6.45) is 2.31. The molecule has 9 heteroatoms. The molecule has 0 aliphatic carbocycles. The number of benzene rings is 3. The highest BCUT2D eigenvalue weighted by atomic mass is 32.2. The lowest BCUT2D eigenvalue weighted by molar-refractivity contribution is -0.115. The number of carbonyl (C=O) groups excluding carboxylic acids is 2. The summed E-state index contributed by atoms with van der Waals surface area (Å²) < 4.78 is 16.2. The summed E-state index contributed by atoms with van der Waals surface area (Å²) in [7, 11) is 3.19. The van der Waals surface area contributed by atoms with E-state index in [-0.39, 0.29) is 24.5 Å². The molecule has 3 N–H and O–H groups in total. The Hall–Kier alpha value is -3.53. The molecular formula is C30H35N3O5S. The van der Waals surface area contributed by atoms with Crippen LogP contribution in [-0.2, 0) is 21.8 Å². The predicted molar refractivity (Wildman–Crippen MR) is 154 cm³/mol. The van der Waals surface area contributed by atoms with Crippen molar-refractivity contribution in [2.24, 2.45) is 0 Å². The second-order valence-electron chi connectivity index (χ2n) is 9.16. The molecule has 1 aliphatic rings. The number of rotatable bonds is 13. The summed E-state index contributed by atoms with van der Waals surface area (Å²) in [6, 6.07) is 20.8. The van der Waals surface area contributed by atoms with E-state index in [4.69, 9.17) is 14.2 Å². The maximum absolute atomic E-state index is 12.9. The maximum Gasteiger partial charge on any atom is 0.251 e. The monoisotopic (exact) mass is 549 g/mol. The van der Waals surface area contributed by atoms with E-state index in [1.54, 1.807) is 38.1 Å². The van der Waals surface area contributed by atoms with E-state index in [0.717, 1.165) is 41.2 Å². The minimum absolute atomic E-state index is 0.0896. The van der Waals surface area contributed by atoms with Gasteiger partial charge in [-0.25, -0.2) is 0 Å². The number of hydrogen-bond donors (Lipinski definition) is 3. The Morgan fingerprint density at radius 2 is 1.90 bits per heavy atom. The van der Waals surface area contributed by atoms with E-state index < -0.39 is 0 Å². The van der Waals surface area contributed by atoms with Gasteiger partial charge in [0, 0.05) is 47.5 Å². The number of thioether (sulfide) groups is 1. The Morgan fingerprint density at radius 1 is 1.03 bits per heavy atom. The Bertz CT molecular complexity index is 1260. The summed E-state index contributed by atoms with van der Waals surface area (Å²) in [6.45, 7) is 2.05. The zero-order chi connectivity index (χ0) is 27.5. The van der Waals surface area contributed by atoms with Crippen LogP contribution in [0, 0.1) is 0 Å². The third-order valence-corrected chi connectivity index (χ3v) is 7.50. The van der Waals surface area contributed by atoms with Crippen LogP contribution in [0.25, 0.3) is 0 Å².